The summed E-state index contributed by atoms with van der Waals surface area (Å²) in [6, 6.07) is 47.7. The van der Waals surface area contributed by atoms with Crippen molar-refractivity contribution < 1.29 is 4.42 Å². The van der Waals surface area contributed by atoms with Crippen LogP contribution in [0.2, 0.25) is 0 Å². The molecule has 0 saturated carbocycles. The molecule has 2 heterocycles. The number of hydrogen-bond donors (Lipinski definition) is 0. The van der Waals surface area contributed by atoms with Crippen LogP contribution in [0.15, 0.2) is 144 Å². The molecular formula is C37H23N3O. The first-order valence-electron chi connectivity index (χ1n) is 13.6. The van der Waals surface area contributed by atoms with Crippen LogP contribution >= 0.6 is 0 Å². The Balaban J connectivity index is 1.30. The molecule has 8 aromatic rings. The Morgan fingerprint density at radius 2 is 0.878 bits per heavy atom. The first-order valence-corrected chi connectivity index (χ1v) is 13.6. The van der Waals surface area contributed by atoms with Crippen molar-refractivity contribution in [2.24, 2.45) is 0 Å². The van der Waals surface area contributed by atoms with E-state index >= 15 is 0 Å². The average molecular weight is 526 g/mol. The molecule has 0 aliphatic rings. The maximum absolute atomic E-state index is 6.06. The average Bonchev–Trinajstić information content (AvgIpc) is 3.43. The molecule has 4 nitrogen and oxygen atoms in total. The molecule has 0 amide bonds. The summed E-state index contributed by atoms with van der Waals surface area (Å²) < 4.78 is 6.06. The standard InChI is InChI=1S/C37H23N3O/c1-2-8-24(9-3-1)26-14-17-27(18-15-26)35-38-36(29-19-16-25-10-4-5-11-28(25)22-29)40-37(39-35)30-20-21-34-32(23-30)31-12-6-7-13-33(31)41-34/h1-23H. The maximum atomic E-state index is 6.06. The van der Waals surface area contributed by atoms with Gasteiger partial charge in [0.2, 0.25) is 0 Å². The summed E-state index contributed by atoms with van der Waals surface area (Å²) in [5.41, 5.74) is 6.83. The Labute approximate surface area is 236 Å². The highest BCUT2D eigenvalue weighted by Gasteiger charge is 2.15. The van der Waals surface area contributed by atoms with Crippen LogP contribution in [0.1, 0.15) is 0 Å². The normalized spacial score (nSPS) is 11.4. The predicted octanol–water partition coefficient (Wildman–Crippen LogP) is 9.59. The van der Waals surface area contributed by atoms with E-state index in [1.54, 1.807) is 0 Å². The molecule has 0 bridgehead atoms. The molecule has 0 fully saturated rings. The molecular weight excluding hydrogens is 502 g/mol. The fourth-order valence-corrected chi connectivity index (χ4v) is 5.40. The van der Waals surface area contributed by atoms with E-state index in [4.69, 9.17) is 19.4 Å². The minimum atomic E-state index is 0.623. The summed E-state index contributed by atoms with van der Waals surface area (Å²) in [5, 5.41) is 4.44. The van der Waals surface area contributed by atoms with Crippen molar-refractivity contribution in [3.63, 3.8) is 0 Å². The molecule has 0 N–H and O–H groups in total. The number of furan rings is 1. The van der Waals surface area contributed by atoms with Crippen molar-refractivity contribution in [3.05, 3.63) is 140 Å². The molecule has 192 valence electrons. The number of benzene rings is 6. The molecule has 4 heteroatoms. The van der Waals surface area contributed by atoms with Crippen LogP contribution in [0.25, 0.3) is 78.0 Å². The van der Waals surface area contributed by atoms with Gasteiger partial charge in [0.1, 0.15) is 11.2 Å². The van der Waals surface area contributed by atoms with E-state index in [0.717, 1.165) is 49.6 Å². The molecule has 41 heavy (non-hydrogen) atoms. The Hall–Kier alpha value is -5.61. The van der Waals surface area contributed by atoms with E-state index in [9.17, 15) is 0 Å². The van der Waals surface area contributed by atoms with Gasteiger partial charge < -0.3 is 4.42 Å². The van der Waals surface area contributed by atoms with E-state index in [1.807, 2.05) is 36.4 Å². The summed E-state index contributed by atoms with van der Waals surface area (Å²) in [4.78, 5) is 14.9. The van der Waals surface area contributed by atoms with Crippen molar-refractivity contribution in [2.75, 3.05) is 0 Å². The zero-order valence-electron chi connectivity index (χ0n) is 22.0. The van der Waals surface area contributed by atoms with Crippen LogP contribution in [0.5, 0.6) is 0 Å². The fourth-order valence-electron chi connectivity index (χ4n) is 5.40. The monoisotopic (exact) mass is 525 g/mol. The van der Waals surface area contributed by atoms with E-state index in [-0.39, 0.29) is 0 Å². The minimum Gasteiger partial charge on any atom is -0.456 e. The summed E-state index contributed by atoms with van der Waals surface area (Å²) >= 11 is 0. The van der Waals surface area contributed by atoms with E-state index in [2.05, 4.69) is 103 Å². The highest BCUT2D eigenvalue weighted by atomic mass is 16.3. The zero-order valence-corrected chi connectivity index (χ0v) is 22.0. The molecule has 2 aromatic heterocycles. The van der Waals surface area contributed by atoms with Crippen molar-refractivity contribution in [1.82, 2.24) is 15.0 Å². The van der Waals surface area contributed by atoms with Gasteiger partial charge in [-0.2, -0.15) is 0 Å². The Bertz CT molecular complexity index is 2200. The molecule has 0 spiro atoms. The summed E-state index contributed by atoms with van der Waals surface area (Å²) in [6.07, 6.45) is 0. The molecule has 8 rings (SSSR count). The van der Waals surface area contributed by atoms with E-state index < -0.39 is 0 Å². The molecule has 0 aliphatic carbocycles. The number of fused-ring (bicyclic) bond motifs is 4. The molecule has 0 saturated heterocycles. The molecule has 0 radical (unpaired) electrons. The van der Waals surface area contributed by atoms with Crippen molar-refractivity contribution in [1.29, 1.82) is 0 Å². The number of para-hydroxylation sites is 1. The Morgan fingerprint density at radius 1 is 0.341 bits per heavy atom. The van der Waals surface area contributed by atoms with Gasteiger partial charge in [0.25, 0.3) is 0 Å². The lowest BCUT2D eigenvalue weighted by Crippen LogP contribution is -2.00. The smallest absolute Gasteiger partial charge is 0.164 e. The lowest BCUT2D eigenvalue weighted by Gasteiger charge is -2.10. The first-order chi connectivity index (χ1) is 20.3. The van der Waals surface area contributed by atoms with Crippen LogP contribution in [0.3, 0.4) is 0 Å². The highest BCUT2D eigenvalue weighted by Crippen LogP contribution is 2.33. The molecule has 0 aliphatic heterocycles. The maximum Gasteiger partial charge on any atom is 0.164 e. The fraction of sp³-hybridized carbons (Fsp3) is 0. The molecule has 0 atom stereocenters. The number of nitrogens with zero attached hydrogens (tertiary/aromatic N) is 3. The Morgan fingerprint density at radius 3 is 1.68 bits per heavy atom. The van der Waals surface area contributed by atoms with Gasteiger partial charge in [-0.25, -0.2) is 15.0 Å². The van der Waals surface area contributed by atoms with Crippen LogP contribution < -0.4 is 0 Å². The molecule has 0 unspecified atom stereocenters. The quantitative estimate of drug-likeness (QED) is 0.230. The summed E-state index contributed by atoms with van der Waals surface area (Å²) in [7, 11) is 0. The van der Waals surface area contributed by atoms with Gasteiger partial charge >= 0.3 is 0 Å². The number of hydrogen-bond acceptors (Lipinski definition) is 4. The van der Waals surface area contributed by atoms with E-state index in [0.29, 0.717) is 17.5 Å². The summed E-state index contributed by atoms with van der Waals surface area (Å²) in [6.45, 7) is 0. The van der Waals surface area contributed by atoms with Gasteiger partial charge in [-0.3, -0.25) is 0 Å². The SMILES string of the molecule is c1ccc(-c2ccc(-c3nc(-c4ccc5ccccc5c4)nc(-c4ccc5oc6ccccc6c5c4)n3)cc2)cc1. The Kier molecular flexibility index (Phi) is 5.42. The van der Waals surface area contributed by atoms with Gasteiger partial charge in [-0.1, -0.05) is 109 Å². The largest absolute Gasteiger partial charge is 0.456 e. The topological polar surface area (TPSA) is 51.8 Å². The molecule has 6 aromatic carbocycles. The summed E-state index contributed by atoms with van der Waals surface area (Å²) in [5.74, 6) is 1.90. The third-order valence-electron chi connectivity index (χ3n) is 7.53. The van der Waals surface area contributed by atoms with Gasteiger partial charge in [0, 0.05) is 27.5 Å². The highest BCUT2D eigenvalue weighted by molar-refractivity contribution is 6.06. The van der Waals surface area contributed by atoms with Crippen LogP contribution in [0, 0.1) is 0 Å². The van der Waals surface area contributed by atoms with E-state index in [1.165, 1.54) is 10.9 Å². The van der Waals surface area contributed by atoms with Crippen molar-refractivity contribution in [2.45, 2.75) is 0 Å². The van der Waals surface area contributed by atoms with Crippen LogP contribution in [-0.4, -0.2) is 15.0 Å². The number of aromatic nitrogens is 3. The number of rotatable bonds is 4. The van der Waals surface area contributed by atoms with Gasteiger partial charge in [-0.15, -0.1) is 0 Å². The van der Waals surface area contributed by atoms with Crippen LogP contribution in [-0.2, 0) is 0 Å². The van der Waals surface area contributed by atoms with Crippen molar-refractivity contribution in [3.8, 4) is 45.3 Å². The third kappa shape index (κ3) is 4.23. The van der Waals surface area contributed by atoms with Gasteiger partial charge in [0.05, 0.1) is 0 Å². The minimum absolute atomic E-state index is 0.623. The third-order valence-corrected chi connectivity index (χ3v) is 7.53. The predicted molar refractivity (Wildman–Crippen MR) is 166 cm³/mol. The second-order valence-corrected chi connectivity index (χ2v) is 10.1. The zero-order chi connectivity index (χ0) is 27.2. The lowest BCUT2D eigenvalue weighted by molar-refractivity contribution is 0.669. The van der Waals surface area contributed by atoms with Gasteiger partial charge in [-0.05, 0) is 52.2 Å². The first kappa shape index (κ1) is 23.3. The van der Waals surface area contributed by atoms with Gasteiger partial charge in [0.15, 0.2) is 17.5 Å². The van der Waals surface area contributed by atoms with Crippen LogP contribution in [0.4, 0.5) is 0 Å². The second kappa shape index (κ2) is 9.54. The second-order valence-electron chi connectivity index (χ2n) is 10.1. The van der Waals surface area contributed by atoms with Crippen molar-refractivity contribution >= 4 is 32.7 Å². The lowest BCUT2D eigenvalue weighted by atomic mass is 10.0.